The highest BCUT2D eigenvalue weighted by Crippen LogP contribution is 2.22. The number of carbonyl (C=O) groups excluding carboxylic acids is 1. The second-order valence-corrected chi connectivity index (χ2v) is 4.19. The lowest BCUT2D eigenvalue weighted by molar-refractivity contribution is -0.136. The highest BCUT2D eigenvalue weighted by molar-refractivity contribution is 7.82. The van der Waals surface area contributed by atoms with Crippen molar-refractivity contribution < 1.29 is 9.53 Å². The molecule has 0 amide bonds. The van der Waals surface area contributed by atoms with Gasteiger partial charge in [-0.15, -0.1) is 6.58 Å². The molecule has 0 aliphatic rings. The van der Waals surface area contributed by atoms with Crippen LogP contribution >= 0.6 is 12.6 Å². The predicted octanol–water partition coefficient (Wildman–Crippen LogP) is 2.37. The summed E-state index contributed by atoms with van der Waals surface area (Å²) in [5.74, 6) is -0.315. The van der Waals surface area contributed by atoms with Crippen LogP contribution in [0.15, 0.2) is 24.3 Å². The minimum Gasteiger partial charge on any atom is -0.466 e. The first-order chi connectivity index (χ1) is 5.93. The number of esters is 1. The predicted molar refractivity (Wildman–Crippen MR) is 58.0 cm³/mol. The number of thiol groups is 1. The third-order valence-electron chi connectivity index (χ3n) is 1.59. The Labute approximate surface area is 85.1 Å². The topological polar surface area (TPSA) is 26.3 Å². The molecule has 0 spiro atoms. The van der Waals surface area contributed by atoms with Gasteiger partial charge in [0.1, 0.15) is 0 Å². The molecule has 0 aromatic heterocycles. The molecule has 0 N–H and O–H groups in total. The van der Waals surface area contributed by atoms with Crippen LogP contribution in [0.3, 0.4) is 0 Å². The zero-order chi connectivity index (χ0) is 10.5. The van der Waals surface area contributed by atoms with Crippen molar-refractivity contribution in [1.82, 2.24) is 0 Å². The van der Waals surface area contributed by atoms with Crippen LogP contribution in [0.25, 0.3) is 0 Å². The third-order valence-corrected chi connectivity index (χ3v) is 1.90. The zero-order valence-corrected chi connectivity index (χ0v) is 9.23. The molecule has 0 saturated heterocycles. The van der Waals surface area contributed by atoms with Gasteiger partial charge in [-0.1, -0.05) is 12.2 Å². The summed E-state index contributed by atoms with van der Waals surface area (Å²) in [6, 6.07) is 0. The number of carbonyl (C=O) groups is 1. The molecule has 1 unspecified atom stereocenters. The second kappa shape index (κ2) is 5.12. The molecular weight excluding hydrogens is 184 g/mol. The zero-order valence-electron chi connectivity index (χ0n) is 8.33. The average Bonchev–Trinajstić information content (AvgIpc) is 2.01. The van der Waals surface area contributed by atoms with Crippen molar-refractivity contribution in [2.24, 2.45) is 0 Å². The molecule has 0 heterocycles. The van der Waals surface area contributed by atoms with E-state index in [4.69, 9.17) is 0 Å². The van der Waals surface area contributed by atoms with Gasteiger partial charge in [-0.25, -0.2) is 4.79 Å². The van der Waals surface area contributed by atoms with Gasteiger partial charge in [-0.2, -0.15) is 12.6 Å². The van der Waals surface area contributed by atoms with E-state index in [9.17, 15) is 4.79 Å². The summed E-state index contributed by atoms with van der Waals surface area (Å²) in [5, 5.41) is 0. The van der Waals surface area contributed by atoms with Crippen molar-refractivity contribution in [3.05, 3.63) is 24.3 Å². The Kier molecular flexibility index (Phi) is 4.85. The van der Waals surface area contributed by atoms with Crippen molar-refractivity contribution in [2.75, 3.05) is 7.11 Å². The second-order valence-electron chi connectivity index (χ2n) is 3.17. The first kappa shape index (κ1) is 12.3. The first-order valence-corrected chi connectivity index (χ1v) is 4.48. The fourth-order valence-corrected chi connectivity index (χ4v) is 1.36. The molecule has 13 heavy (non-hydrogen) atoms. The number of rotatable bonds is 4. The van der Waals surface area contributed by atoms with E-state index in [-0.39, 0.29) is 10.7 Å². The number of allylic oxidation sites excluding steroid dienone is 1. The van der Waals surface area contributed by atoms with E-state index in [0.29, 0.717) is 12.0 Å². The van der Waals surface area contributed by atoms with Crippen LogP contribution in [0, 0.1) is 0 Å². The lowest BCUT2D eigenvalue weighted by Gasteiger charge is -2.17. The van der Waals surface area contributed by atoms with Crippen LogP contribution in [0.4, 0.5) is 0 Å². The molecule has 0 rings (SSSR count). The molecule has 0 fully saturated rings. The van der Waals surface area contributed by atoms with Crippen molar-refractivity contribution in [3.8, 4) is 0 Å². The molecule has 0 aliphatic heterocycles. The molecule has 0 aromatic carbocycles. The Balaban J connectivity index is 4.52. The summed E-state index contributed by atoms with van der Waals surface area (Å²) in [5.41, 5.74) is 0.571. The normalized spacial score (nSPS) is 16.2. The van der Waals surface area contributed by atoms with E-state index < -0.39 is 0 Å². The maximum atomic E-state index is 11.0. The van der Waals surface area contributed by atoms with E-state index >= 15 is 0 Å². The van der Waals surface area contributed by atoms with Crippen LogP contribution in [0.1, 0.15) is 20.3 Å². The van der Waals surface area contributed by atoms with Crippen LogP contribution in [-0.2, 0) is 9.53 Å². The SMILES string of the molecule is C=CCC(C)(S)/C=C(\C)C(=O)OC. The Morgan fingerprint density at radius 2 is 2.23 bits per heavy atom. The molecule has 2 nitrogen and oxygen atoms in total. The van der Waals surface area contributed by atoms with Crippen molar-refractivity contribution in [1.29, 1.82) is 0 Å². The van der Waals surface area contributed by atoms with E-state index in [0.717, 1.165) is 0 Å². The monoisotopic (exact) mass is 200 g/mol. The Morgan fingerprint density at radius 1 is 1.69 bits per heavy atom. The van der Waals surface area contributed by atoms with Crippen LogP contribution < -0.4 is 0 Å². The highest BCUT2D eigenvalue weighted by atomic mass is 32.1. The summed E-state index contributed by atoms with van der Waals surface area (Å²) in [6.07, 6.45) is 4.27. The van der Waals surface area contributed by atoms with Crippen LogP contribution in [-0.4, -0.2) is 17.8 Å². The van der Waals surface area contributed by atoms with Crippen LogP contribution in [0.2, 0.25) is 0 Å². The van der Waals surface area contributed by atoms with Gasteiger partial charge in [0.2, 0.25) is 0 Å². The quantitative estimate of drug-likeness (QED) is 0.326. The smallest absolute Gasteiger partial charge is 0.333 e. The van der Waals surface area contributed by atoms with Gasteiger partial charge < -0.3 is 4.74 Å². The van der Waals surface area contributed by atoms with E-state index in [2.05, 4.69) is 23.9 Å². The third kappa shape index (κ3) is 4.78. The van der Waals surface area contributed by atoms with E-state index in [1.165, 1.54) is 7.11 Å². The molecule has 74 valence electrons. The van der Waals surface area contributed by atoms with Gasteiger partial charge in [0.15, 0.2) is 0 Å². The Hall–Kier alpha value is -0.700. The van der Waals surface area contributed by atoms with Gasteiger partial charge in [-0.3, -0.25) is 0 Å². The molecule has 1 atom stereocenters. The van der Waals surface area contributed by atoms with E-state index in [1.807, 2.05) is 6.92 Å². The van der Waals surface area contributed by atoms with Gasteiger partial charge in [0, 0.05) is 10.3 Å². The number of methoxy groups -OCH3 is 1. The van der Waals surface area contributed by atoms with E-state index in [1.54, 1.807) is 19.1 Å². The molecule has 0 saturated carbocycles. The molecular formula is C10H16O2S. The number of ether oxygens (including phenoxy) is 1. The van der Waals surface area contributed by atoms with Gasteiger partial charge in [0.25, 0.3) is 0 Å². The Morgan fingerprint density at radius 3 is 2.62 bits per heavy atom. The summed E-state index contributed by atoms with van der Waals surface area (Å²) >= 11 is 4.38. The molecule has 0 aromatic rings. The Bertz CT molecular complexity index is 229. The lowest BCUT2D eigenvalue weighted by atomic mass is 10.0. The summed E-state index contributed by atoms with van der Waals surface area (Å²) in [6.45, 7) is 7.26. The summed E-state index contributed by atoms with van der Waals surface area (Å²) < 4.78 is 4.24. The minimum atomic E-state index is -0.333. The van der Waals surface area contributed by atoms with Gasteiger partial charge in [0.05, 0.1) is 7.11 Å². The number of hydrogen-bond donors (Lipinski definition) is 1. The standard InChI is InChI=1S/C10H16O2S/c1-5-6-10(3,13)7-8(2)9(11)12-4/h5,7,13H,1,6H2,2-4H3/b8-7+. The fourth-order valence-electron chi connectivity index (χ4n) is 1.04. The molecule has 0 bridgehead atoms. The maximum Gasteiger partial charge on any atom is 0.333 e. The largest absolute Gasteiger partial charge is 0.466 e. The first-order valence-electron chi connectivity index (χ1n) is 4.04. The van der Waals surface area contributed by atoms with Gasteiger partial charge >= 0.3 is 5.97 Å². The van der Waals surface area contributed by atoms with Crippen LogP contribution in [0.5, 0.6) is 0 Å². The molecule has 0 radical (unpaired) electrons. The highest BCUT2D eigenvalue weighted by Gasteiger charge is 2.16. The average molecular weight is 200 g/mol. The maximum absolute atomic E-state index is 11.0. The van der Waals surface area contributed by atoms with Crippen molar-refractivity contribution in [3.63, 3.8) is 0 Å². The summed E-state index contributed by atoms with van der Waals surface area (Å²) in [4.78, 5) is 11.0. The van der Waals surface area contributed by atoms with Crippen molar-refractivity contribution in [2.45, 2.75) is 25.0 Å². The molecule has 3 heteroatoms. The summed E-state index contributed by atoms with van der Waals surface area (Å²) in [7, 11) is 1.36. The minimum absolute atomic E-state index is 0.315. The molecule has 0 aliphatic carbocycles. The van der Waals surface area contributed by atoms with Gasteiger partial charge in [-0.05, 0) is 20.3 Å². The fraction of sp³-hybridized carbons (Fsp3) is 0.500. The lowest BCUT2D eigenvalue weighted by Crippen LogP contribution is -2.14. The number of hydrogen-bond acceptors (Lipinski definition) is 3. The van der Waals surface area contributed by atoms with Crippen molar-refractivity contribution >= 4 is 18.6 Å².